The first-order valence-electron chi connectivity index (χ1n) is 9.39. The Labute approximate surface area is 153 Å². The third-order valence-corrected chi connectivity index (χ3v) is 5.56. The largest absolute Gasteiger partial charge is 0.382 e. The summed E-state index contributed by atoms with van der Waals surface area (Å²) in [5, 5.41) is 2.91. The van der Waals surface area contributed by atoms with Crippen molar-refractivity contribution in [3.8, 4) is 0 Å². The Morgan fingerprint density at radius 3 is 2.65 bits per heavy atom. The maximum absolute atomic E-state index is 12.2. The van der Waals surface area contributed by atoms with E-state index in [2.05, 4.69) is 38.4 Å². The molecule has 0 saturated heterocycles. The molecule has 0 unspecified atom stereocenters. The molecule has 2 aromatic rings. The minimum Gasteiger partial charge on any atom is -0.382 e. The predicted molar refractivity (Wildman–Crippen MR) is 101 cm³/mol. The fourth-order valence-corrected chi connectivity index (χ4v) is 3.75. The van der Waals surface area contributed by atoms with E-state index in [4.69, 9.17) is 5.73 Å². The Kier molecular flexibility index (Phi) is 4.84. The third-order valence-electron chi connectivity index (χ3n) is 5.56. The van der Waals surface area contributed by atoms with Gasteiger partial charge in [0, 0.05) is 25.7 Å². The van der Waals surface area contributed by atoms with Gasteiger partial charge in [-0.3, -0.25) is 9.69 Å². The molecule has 6 nitrogen and oxygen atoms in total. The fourth-order valence-electron chi connectivity index (χ4n) is 3.75. The summed E-state index contributed by atoms with van der Waals surface area (Å²) in [5.41, 5.74) is 9.78. The lowest BCUT2D eigenvalue weighted by atomic mass is 9.91. The molecule has 26 heavy (non-hydrogen) atoms. The molecule has 2 heterocycles. The van der Waals surface area contributed by atoms with Gasteiger partial charge in [0.25, 0.3) is 5.91 Å². The van der Waals surface area contributed by atoms with Crippen LogP contribution in [0.15, 0.2) is 30.6 Å². The van der Waals surface area contributed by atoms with E-state index in [0.717, 1.165) is 31.0 Å². The lowest BCUT2D eigenvalue weighted by Gasteiger charge is -2.36. The molecule has 1 fully saturated rings. The minimum atomic E-state index is -0.233. The highest BCUT2D eigenvalue weighted by atomic mass is 16.1. The molecule has 6 heteroatoms. The summed E-state index contributed by atoms with van der Waals surface area (Å²) >= 11 is 0. The van der Waals surface area contributed by atoms with Gasteiger partial charge in [0.1, 0.15) is 11.5 Å². The van der Waals surface area contributed by atoms with E-state index in [1.165, 1.54) is 49.3 Å². The monoisotopic (exact) mass is 351 g/mol. The van der Waals surface area contributed by atoms with Crippen LogP contribution in [0.4, 0.5) is 5.82 Å². The number of fused-ring (bicyclic) bond motifs is 1. The SMILES string of the molecule is Nc1cnc(C(=O)NCc2ccc3c(c2)CCN(C2CCC2)CC3)cn1. The molecule has 3 N–H and O–H groups in total. The fraction of sp³-hybridized carbons (Fsp3) is 0.450. The van der Waals surface area contributed by atoms with Crippen LogP contribution >= 0.6 is 0 Å². The van der Waals surface area contributed by atoms with Crippen molar-refractivity contribution < 1.29 is 4.79 Å². The predicted octanol–water partition coefficient (Wildman–Crippen LogP) is 1.94. The van der Waals surface area contributed by atoms with E-state index in [9.17, 15) is 4.79 Å². The number of amides is 1. The normalized spacial score (nSPS) is 17.8. The van der Waals surface area contributed by atoms with Crippen molar-refractivity contribution in [1.82, 2.24) is 20.2 Å². The van der Waals surface area contributed by atoms with Gasteiger partial charge in [-0.2, -0.15) is 0 Å². The molecule has 4 rings (SSSR count). The van der Waals surface area contributed by atoms with Gasteiger partial charge in [-0.25, -0.2) is 9.97 Å². The number of carbonyl (C=O) groups excluding carboxylic acids is 1. The Morgan fingerprint density at radius 2 is 1.96 bits per heavy atom. The number of nitrogen functional groups attached to an aromatic ring is 1. The van der Waals surface area contributed by atoms with Crippen LogP contribution in [0.2, 0.25) is 0 Å². The summed E-state index contributed by atoms with van der Waals surface area (Å²) in [5.74, 6) is 0.0758. The lowest BCUT2D eigenvalue weighted by Crippen LogP contribution is -2.41. The molecule has 1 aliphatic heterocycles. The first kappa shape index (κ1) is 17.0. The highest BCUT2D eigenvalue weighted by Crippen LogP contribution is 2.27. The van der Waals surface area contributed by atoms with Crippen LogP contribution in [0.5, 0.6) is 0 Å². The van der Waals surface area contributed by atoms with Crippen molar-refractivity contribution in [2.75, 3.05) is 18.8 Å². The number of nitrogens with one attached hydrogen (secondary N) is 1. The Hall–Kier alpha value is -2.47. The zero-order chi connectivity index (χ0) is 17.9. The van der Waals surface area contributed by atoms with Gasteiger partial charge in [-0.1, -0.05) is 24.6 Å². The number of hydrogen-bond donors (Lipinski definition) is 2. The molecule has 136 valence electrons. The van der Waals surface area contributed by atoms with Crippen molar-refractivity contribution >= 4 is 11.7 Å². The molecule has 1 aromatic heterocycles. The van der Waals surface area contributed by atoms with E-state index in [-0.39, 0.29) is 11.6 Å². The van der Waals surface area contributed by atoms with E-state index in [1.54, 1.807) is 0 Å². The molecule has 1 aromatic carbocycles. The number of anilines is 1. The molecule has 1 saturated carbocycles. The topological polar surface area (TPSA) is 84.1 Å². The van der Waals surface area contributed by atoms with Gasteiger partial charge >= 0.3 is 0 Å². The highest BCUT2D eigenvalue weighted by Gasteiger charge is 2.26. The first-order chi connectivity index (χ1) is 12.7. The number of nitrogens with zero attached hydrogens (tertiary/aromatic N) is 3. The maximum atomic E-state index is 12.2. The molecule has 2 aliphatic rings. The summed E-state index contributed by atoms with van der Waals surface area (Å²) in [6, 6.07) is 7.40. The average molecular weight is 351 g/mol. The quantitative estimate of drug-likeness (QED) is 0.879. The van der Waals surface area contributed by atoms with Crippen molar-refractivity contribution in [3.63, 3.8) is 0 Å². The smallest absolute Gasteiger partial charge is 0.271 e. The van der Waals surface area contributed by atoms with Crippen LogP contribution in [0.1, 0.15) is 46.4 Å². The highest BCUT2D eigenvalue weighted by molar-refractivity contribution is 5.91. The van der Waals surface area contributed by atoms with Gasteiger partial charge in [0.05, 0.1) is 12.4 Å². The molecule has 0 atom stereocenters. The average Bonchev–Trinajstić information content (AvgIpc) is 2.81. The standard InChI is InChI=1S/C20H25N5O/c21-19-13-22-18(12-23-19)20(26)24-11-14-4-5-15-6-8-25(17-2-1-3-17)9-7-16(15)10-14/h4-5,10,12-13,17H,1-3,6-9,11H2,(H2,21,23)(H,24,26). The second-order valence-corrected chi connectivity index (χ2v) is 7.23. The van der Waals surface area contributed by atoms with E-state index >= 15 is 0 Å². The molecular formula is C20H25N5O. The Bertz CT molecular complexity index is 785. The van der Waals surface area contributed by atoms with Gasteiger partial charge in [-0.15, -0.1) is 0 Å². The molecule has 1 amide bonds. The zero-order valence-corrected chi connectivity index (χ0v) is 14.9. The molecule has 1 aliphatic carbocycles. The van der Waals surface area contributed by atoms with Crippen molar-refractivity contribution in [2.24, 2.45) is 0 Å². The van der Waals surface area contributed by atoms with E-state index < -0.39 is 0 Å². The third kappa shape index (κ3) is 3.70. The van der Waals surface area contributed by atoms with Gasteiger partial charge in [-0.05, 0) is 42.4 Å². The molecule has 0 radical (unpaired) electrons. The number of rotatable bonds is 4. The van der Waals surface area contributed by atoms with Crippen LogP contribution in [0.25, 0.3) is 0 Å². The van der Waals surface area contributed by atoms with Crippen LogP contribution in [0.3, 0.4) is 0 Å². The second-order valence-electron chi connectivity index (χ2n) is 7.23. The number of carbonyl (C=O) groups is 1. The van der Waals surface area contributed by atoms with Gasteiger partial charge in [0.15, 0.2) is 0 Å². The number of aromatic nitrogens is 2. The van der Waals surface area contributed by atoms with Crippen molar-refractivity contribution in [1.29, 1.82) is 0 Å². The van der Waals surface area contributed by atoms with Gasteiger partial charge < -0.3 is 11.1 Å². The maximum Gasteiger partial charge on any atom is 0.271 e. The van der Waals surface area contributed by atoms with E-state index in [1.807, 2.05) is 0 Å². The Morgan fingerprint density at radius 1 is 1.15 bits per heavy atom. The Balaban J connectivity index is 1.37. The lowest BCUT2D eigenvalue weighted by molar-refractivity contribution is 0.0945. The van der Waals surface area contributed by atoms with Gasteiger partial charge in [0.2, 0.25) is 0 Å². The van der Waals surface area contributed by atoms with Crippen LogP contribution in [0, 0.1) is 0 Å². The molecule has 0 spiro atoms. The van der Waals surface area contributed by atoms with Crippen molar-refractivity contribution in [2.45, 2.75) is 44.7 Å². The number of benzene rings is 1. The molecule has 0 bridgehead atoms. The van der Waals surface area contributed by atoms with Crippen LogP contribution < -0.4 is 11.1 Å². The summed E-state index contributed by atoms with van der Waals surface area (Å²) in [6.07, 6.45) is 9.12. The summed E-state index contributed by atoms with van der Waals surface area (Å²) in [7, 11) is 0. The van der Waals surface area contributed by atoms with Crippen LogP contribution in [-0.4, -0.2) is 39.9 Å². The summed E-state index contributed by atoms with van der Waals surface area (Å²) in [6.45, 7) is 2.81. The zero-order valence-electron chi connectivity index (χ0n) is 14.9. The van der Waals surface area contributed by atoms with E-state index in [0.29, 0.717) is 12.4 Å². The van der Waals surface area contributed by atoms with Crippen LogP contribution in [-0.2, 0) is 19.4 Å². The summed E-state index contributed by atoms with van der Waals surface area (Å²) < 4.78 is 0. The minimum absolute atomic E-state index is 0.233. The second kappa shape index (κ2) is 7.41. The summed E-state index contributed by atoms with van der Waals surface area (Å²) in [4.78, 5) is 22.7. The number of nitrogens with two attached hydrogens (primary N) is 1. The molecular weight excluding hydrogens is 326 g/mol. The van der Waals surface area contributed by atoms with Crippen molar-refractivity contribution in [3.05, 3.63) is 53.0 Å². The first-order valence-corrected chi connectivity index (χ1v) is 9.39. The number of hydrogen-bond acceptors (Lipinski definition) is 5.